The highest BCUT2D eigenvalue weighted by molar-refractivity contribution is 5.80. The molecule has 5 rings (SSSR count). The van der Waals surface area contributed by atoms with Crippen LogP contribution in [0.25, 0.3) is 11.1 Å². The number of nitrogen functional groups attached to an aromatic ring is 1. The van der Waals surface area contributed by atoms with Crippen molar-refractivity contribution in [1.29, 1.82) is 0 Å². The minimum Gasteiger partial charge on any atom is -0.394 e. The van der Waals surface area contributed by atoms with E-state index in [0.29, 0.717) is 0 Å². The first-order chi connectivity index (χ1) is 15.9. The van der Waals surface area contributed by atoms with Crippen LogP contribution >= 0.6 is 0 Å². The van der Waals surface area contributed by atoms with Gasteiger partial charge in [-0.2, -0.15) is 5.10 Å². The summed E-state index contributed by atoms with van der Waals surface area (Å²) in [6.07, 6.45) is 19.5. The second-order valence-corrected chi connectivity index (χ2v) is 9.19. The summed E-state index contributed by atoms with van der Waals surface area (Å²) < 4.78 is 1.85. The number of nitrogens with zero attached hydrogens (tertiary/aromatic N) is 4. The molecule has 0 aliphatic heterocycles. The summed E-state index contributed by atoms with van der Waals surface area (Å²) in [6.45, 7) is 11.5. The van der Waals surface area contributed by atoms with E-state index in [0.717, 1.165) is 38.9 Å². The van der Waals surface area contributed by atoms with Crippen molar-refractivity contribution >= 4 is 17.0 Å². The molecule has 2 aliphatic carbocycles. The standard InChI is InChI=1S/C15H15N5.C9H16.C3H7N/c1-9-7-18-20-5-4-12(6-14(9)20)10(2)13-8-17-15(16)19-11(13)3;1-2-5-9(6-3-1)7-4-8-9;1-3-4-2/h4-8H,2H2,1,3H3,(H2,16,17,19);1-8H2;3-4H,1H2,2H3. The van der Waals surface area contributed by atoms with Crippen molar-refractivity contribution in [3.8, 4) is 0 Å². The molecule has 0 atom stereocenters. The molecule has 176 valence electrons. The molecule has 0 amide bonds. The average molecular weight is 447 g/mol. The van der Waals surface area contributed by atoms with Crippen molar-refractivity contribution in [2.24, 2.45) is 5.41 Å². The number of aromatic nitrogens is 4. The maximum atomic E-state index is 5.58. The van der Waals surface area contributed by atoms with Crippen LogP contribution in [0.2, 0.25) is 0 Å². The number of rotatable bonds is 3. The van der Waals surface area contributed by atoms with E-state index in [9.17, 15) is 0 Å². The number of aryl methyl sites for hydroxylation is 2. The third-order valence-electron chi connectivity index (χ3n) is 6.92. The minimum atomic E-state index is 0.279. The van der Waals surface area contributed by atoms with Crippen LogP contribution in [-0.4, -0.2) is 26.6 Å². The molecule has 0 radical (unpaired) electrons. The smallest absolute Gasteiger partial charge is 0.220 e. The molecule has 2 aliphatic rings. The highest BCUT2D eigenvalue weighted by Crippen LogP contribution is 2.51. The average Bonchev–Trinajstić information content (AvgIpc) is 3.19. The molecule has 6 heteroatoms. The lowest BCUT2D eigenvalue weighted by atomic mass is 9.61. The van der Waals surface area contributed by atoms with Crippen molar-refractivity contribution in [3.05, 3.63) is 72.5 Å². The summed E-state index contributed by atoms with van der Waals surface area (Å²) in [5.41, 5.74) is 12.3. The molecule has 0 aromatic carbocycles. The quantitative estimate of drug-likeness (QED) is 0.527. The molecular formula is C27H38N6. The monoisotopic (exact) mass is 446 g/mol. The Morgan fingerprint density at radius 3 is 2.33 bits per heavy atom. The summed E-state index contributed by atoms with van der Waals surface area (Å²) in [4.78, 5) is 8.22. The van der Waals surface area contributed by atoms with E-state index in [2.05, 4.69) is 39.6 Å². The molecule has 3 heterocycles. The summed E-state index contributed by atoms with van der Waals surface area (Å²) in [7, 11) is 1.81. The molecule has 6 nitrogen and oxygen atoms in total. The van der Waals surface area contributed by atoms with Gasteiger partial charge in [0.15, 0.2) is 0 Å². The summed E-state index contributed by atoms with van der Waals surface area (Å²) in [5.74, 6) is 0.279. The predicted molar refractivity (Wildman–Crippen MR) is 138 cm³/mol. The van der Waals surface area contributed by atoms with Gasteiger partial charge in [0.05, 0.1) is 17.4 Å². The predicted octanol–water partition coefficient (Wildman–Crippen LogP) is 5.85. The normalized spacial score (nSPS) is 16.0. The topological polar surface area (TPSA) is 81.1 Å². The van der Waals surface area contributed by atoms with Crippen molar-refractivity contribution in [2.45, 2.75) is 65.2 Å². The highest BCUT2D eigenvalue weighted by atomic mass is 15.2. The van der Waals surface area contributed by atoms with Gasteiger partial charge in [-0.3, -0.25) is 0 Å². The van der Waals surface area contributed by atoms with Crippen LogP contribution in [-0.2, 0) is 0 Å². The Bertz CT molecular complexity index is 1090. The Balaban J connectivity index is 0.000000194. The van der Waals surface area contributed by atoms with Gasteiger partial charge in [-0.1, -0.05) is 38.8 Å². The molecule has 0 unspecified atom stereocenters. The van der Waals surface area contributed by atoms with Crippen molar-refractivity contribution in [3.63, 3.8) is 0 Å². The lowest BCUT2D eigenvalue weighted by molar-refractivity contribution is 0.0775. The number of nitrogens with one attached hydrogen (secondary N) is 1. The first-order valence-electron chi connectivity index (χ1n) is 11.9. The number of pyridine rings is 1. The van der Waals surface area contributed by atoms with Gasteiger partial charge in [0.25, 0.3) is 0 Å². The van der Waals surface area contributed by atoms with E-state index in [1.54, 1.807) is 38.1 Å². The fourth-order valence-corrected chi connectivity index (χ4v) is 4.71. The van der Waals surface area contributed by atoms with Crippen LogP contribution in [0.1, 0.15) is 73.8 Å². The molecular weight excluding hydrogens is 408 g/mol. The Labute approximate surface area is 198 Å². The first kappa shape index (κ1) is 24.5. The Morgan fingerprint density at radius 2 is 1.79 bits per heavy atom. The largest absolute Gasteiger partial charge is 0.394 e. The molecule has 2 saturated carbocycles. The molecule has 1 spiro atoms. The third kappa shape index (κ3) is 6.01. The SMILES string of the molecule is C1CCC2(CC1)CCC2.C=C(c1ccn2ncc(C)c2c1)c1cnc(N)nc1C.C=CNC. The number of anilines is 1. The van der Waals surface area contributed by atoms with Gasteiger partial charge < -0.3 is 11.1 Å². The number of nitrogens with two attached hydrogens (primary N) is 1. The zero-order valence-electron chi connectivity index (χ0n) is 20.4. The van der Waals surface area contributed by atoms with Gasteiger partial charge in [-0.15, -0.1) is 0 Å². The Hall–Kier alpha value is -3.15. The van der Waals surface area contributed by atoms with E-state index in [1.165, 1.54) is 25.7 Å². The maximum absolute atomic E-state index is 5.58. The van der Waals surface area contributed by atoms with E-state index in [-0.39, 0.29) is 5.95 Å². The third-order valence-corrected chi connectivity index (χ3v) is 6.92. The second-order valence-electron chi connectivity index (χ2n) is 9.19. The van der Waals surface area contributed by atoms with Crippen molar-refractivity contribution in [1.82, 2.24) is 24.9 Å². The van der Waals surface area contributed by atoms with Gasteiger partial charge in [-0.05, 0) is 80.0 Å². The van der Waals surface area contributed by atoms with E-state index >= 15 is 0 Å². The minimum absolute atomic E-state index is 0.279. The van der Waals surface area contributed by atoms with Crippen LogP contribution in [0.3, 0.4) is 0 Å². The Kier molecular flexibility index (Phi) is 8.26. The zero-order chi connectivity index (χ0) is 23.8. The second kappa shape index (κ2) is 11.1. The van der Waals surface area contributed by atoms with Gasteiger partial charge in [0.2, 0.25) is 5.95 Å². The fraction of sp³-hybridized carbons (Fsp3) is 0.444. The van der Waals surface area contributed by atoms with Gasteiger partial charge in [0, 0.05) is 25.0 Å². The van der Waals surface area contributed by atoms with Crippen LogP contribution in [0, 0.1) is 19.3 Å². The fourth-order valence-electron chi connectivity index (χ4n) is 4.71. The van der Waals surface area contributed by atoms with Crippen LogP contribution in [0.15, 0.2) is 50.1 Å². The lowest BCUT2D eigenvalue weighted by Crippen LogP contribution is -2.31. The van der Waals surface area contributed by atoms with Crippen LogP contribution in [0.4, 0.5) is 5.95 Å². The summed E-state index contributed by atoms with van der Waals surface area (Å²) >= 11 is 0. The van der Waals surface area contributed by atoms with E-state index in [1.807, 2.05) is 43.9 Å². The lowest BCUT2D eigenvalue weighted by Gasteiger charge is -2.45. The van der Waals surface area contributed by atoms with Gasteiger partial charge in [0.1, 0.15) is 0 Å². The number of hydrogen-bond acceptors (Lipinski definition) is 5. The van der Waals surface area contributed by atoms with Crippen LogP contribution in [0.5, 0.6) is 0 Å². The van der Waals surface area contributed by atoms with E-state index in [4.69, 9.17) is 5.73 Å². The summed E-state index contributed by atoms with van der Waals surface area (Å²) in [6, 6.07) is 4.05. The summed E-state index contributed by atoms with van der Waals surface area (Å²) in [5, 5.41) is 6.96. The molecule has 3 N–H and O–H groups in total. The van der Waals surface area contributed by atoms with Crippen LogP contribution < -0.4 is 11.1 Å². The highest BCUT2D eigenvalue weighted by Gasteiger charge is 2.37. The number of hydrogen-bond donors (Lipinski definition) is 2. The number of fused-ring (bicyclic) bond motifs is 1. The van der Waals surface area contributed by atoms with E-state index < -0.39 is 0 Å². The maximum Gasteiger partial charge on any atom is 0.220 e. The molecule has 3 aromatic heterocycles. The molecule has 0 saturated heterocycles. The zero-order valence-corrected chi connectivity index (χ0v) is 20.4. The van der Waals surface area contributed by atoms with Gasteiger partial charge in [-0.25, -0.2) is 14.5 Å². The molecule has 33 heavy (non-hydrogen) atoms. The molecule has 2 fully saturated rings. The Morgan fingerprint density at radius 1 is 1.12 bits per heavy atom. The van der Waals surface area contributed by atoms with Crippen molar-refractivity contribution < 1.29 is 0 Å². The van der Waals surface area contributed by atoms with Crippen molar-refractivity contribution in [2.75, 3.05) is 12.8 Å². The molecule has 0 bridgehead atoms. The first-order valence-corrected chi connectivity index (χ1v) is 11.9. The molecule has 3 aromatic rings. The van der Waals surface area contributed by atoms with Gasteiger partial charge >= 0.3 is 0 Å².